The number of nitrogens with one attached hydrogen (secondary N) is 3. The van der Waals surface area contributed by atoms with Crippen LogP contribution in [-0.2, 0) is 11.3 Å². The highest BCUT2D eigenvalue weighted by Crippen LogP contribution is 2.13. The lowest BCUT2D eigenvalue weighted by Crippen LogP contribution is -2.48. The molecule has 0 saturated heterocycles. The Kier molecular flexibility index (Phi) is 8.18. The Hall–Kier alpha value is -4.66. The van der Waals surface area contributed by atoms with Crippen LogP contribution in [0.4, 0.5) is 0 Å². The number of hydrogen-bond acceptors (Lipinski definition) is 5. The maximum atomic E-state index is 12.7. The fourth-order valence-corrected chi connectivity index (χ4v) is 3.33. The van der Waals surface area contributed by atoms with Gasteiger partial charge < -0.3 is 26.2 Å². The standard InChI is InChI=1S/C26H25N3O6/c1-16-12-19(24(32)27-14-17-6-5-9-20(30)13-17)10-11-21(16)25(33)29-22(26(34)35)15-28-23(31)18-7-3-2-4-8-18/h2-13,22,30H,14-15H2,1H3,(H,27,32)(H,28,31)(H,29,33)(H,34,35). The highest BCUT2D eigenvalue weighted by Gasteiger charge is 2.23. The highest BCUT2D eigenvalue weighted by atomic mass is 16.4. The zero-order chi connectivity index (χ0) is 25.4. The third-order valence-electron chi connectivity index (χ3n) is 5.20. The summed E-state index contributed by atoms with van der Waals surface area (Å²) in [5.41, 5.74) is 2.10. The number of phenols is 1. The number of aliphatic carboxylic acids is 1. The molecule has 0 radical (unpaired) electrons. The second-order valence-electron chi connectivity index (χ2n) is 7.82. The molecule has 9 heteroatoms. The summed E-state index contributed by atoms with van der Waals surface area (Å²) < 4.78 is 0. The minimum Gasteiger partial charge on any atom is -0.508 e. The zero-order valence-electron chi connectivity index (χ0n) is 18.9. The van der Waals surface area contributed by atoms with Crippen LogP contribution in [-0.4, -0.2) is 46.5 Å². The Balaban J connectivity index is 1.60. The van der Waals surface area contributed by atoms with Gasteiger partial charge in [0, 0.05) is 29.8 Å². The van der Waals surface area contributed by atoms with E-state index in [1.54, 1.807) is 55.5 Å². The number of phenolic OH excluding ortho intramolecular Hbond substituents is 1. The summed E-state index contributed by atoms with van der Waals surface area (Å²) in [6.07, 6.45) is 0. The Labute approximate surface area is 201 Å². The molecule has 5 N–H and O–H groups in total. The number of aromatic hydroxyl groups is 1. The van der Waals surface area contributed by atoms with Crippen molar-refractivity contribution < 1.29 is 29.4 Å². The van der Waals surface area contributed by atoms with Crippen LogP contribution in [0.3, 0.4) is 0 Å². The lowest BCUT2D eigenvalue weighted by molar-refractivity contribution is -0.139. The number of amides is 3. The molecule has 0 aromatic heterocycles. The van der Waals surface area contributed by atoms with Crippen molar-refractivity contribution >= 4 is 23.7 Å². The van der Waals surface area contributed by atoms with E-state index in [1.807, 2.05) is 0 Å². The summed E-state index contributed by atoms with van der Waals surface area (Å²) in [7, 11) is 0. The molecule has 0 heterocycles. The van der Waals surface area contributed by atoms with Crippen LogP contribution in [0, 0.1) is 6.92 Å². The molecule has 3 aromatic carbocycles. The minimum atomic E-state index is -1.35. The van der Waals surface area contributed by atoms with Gasteiger partial charge in [0.15, 0.2) is 0 Å². The predicted octanol–water partition coefficient (Wildman–Crippen LogP) is 2.24. The van der Waals surface area contributed by atoms with E-state index in [-0.39, 0.29) is 30.3 Å². The molecular formula is C26H25N3O6. The van der Waals surface area contributed by atoms with Gasteiger partial charge in [-0.3, -0.25) is 14.4 Å². The maximum Gasteiger partial charge on any atom is 0.328 e. The molecule has 3 amide bonds. The number of rotatable bonds is 9. The number of hydrogen-bond donors (Lipinski definition) is 5. The Bertz CT molecular complexity index is 1240. The average molecular weight is 476 g/mol. The summed E-state index contributed by atoms with van der Waals surface area (Å²) in [6.45, 7) is 1.54. The minimum absolute atomic E-state index is 0.0993. The number of aryl methyl sites for hydroxylation is 1. The molecule has 3 rings (SSSR count). The first-order chi connectivity index (χ1) is 16.7. The highest BCUT2D eigenvalue weighted by molar-refractivity contribution is 6.00. The van der Waals surface area contributed by atoms with Gasteiger partial charge in [0.2, 0.25) is 0 Å². The van der Waals surface area contributed by atoms with Gasteiger partial charge in [0.25, 0.3) is 17.7 Å². The second-order valence-corrected chi connectivity index (χ2v) is 7.82. The zero-order valence-corrected chi connectivity index (χ0v) is 18.9. The quantitative estimate of drug-likeness (QED) is 0.321. The molecule has 0 aliphatic carbocycles. The topological polar surface area (TPSA) is 145 Å². The van der Waals surface area contributed by atoms with Crippen LogP contribution in [0.1, 0.15) is 42.2 Å². The monoisotopic (exact) mass is 475 g/mol. The first kappa shape index (κ1) is 25.0. The van der Waals surface area contributed by atoms with Crippen molar-refractivity contribution in [2.75, 3.05) is 6.54 Å². The van der Waals surface area contributed by atoms with Gasteiger partial charge in [-0.05, 0) is 60.5 Å². The van der Waals surface area contributed by atoms with Crippen LogP contribution < -0.4 is 16.0 Å². The summed E-state index contributed by atoms with van der Waals surface area (Å²) in [5, 5.41) is 26.6. The van der Waals surface area contributed by atoms with Gasteiger partial charge in [-0.25, -0.2) is 4.79 Å². The molecule has 0 aliphatic heterocycles. The smallest absolute Gasteiger partial charge is 0.328 e. The van der Waals surface area contributed by atoms with Crippen molar-refractivity contribution in [3.05, 3.63) is 101 Å². The molecule has 1 atom stereocenters. The average Bonchev–Trinajstić information content (AvgIpc) is 2.85. The number of carboxylic acid groups (broad SMARTS) is 1. The summed E-state index contributed by atoms with van der Waals surface area (Å²) in [5.74, 6) is -2.66. The number of carboxylic acids is 1. The largest absolute Gasteiger partial charge is 0.508 e. The molecule has 3 aromatic rings. The third-order valence-corrected chi connectivity index (χ3v) is 5.20. The van der Waals surface area contributed by atoms with Crippen LogP contribution in [0.25, 0.3) is 0 Å². The normalized spacial score (nSPS) is 11.2. The fourth-order valence-electron chi connectivity index (χ4n) is 3.33. The van der Waals surface area contributed by atoms with E-state index < -0.39 is 23.8 Å². The summed E-state index contributed by atoms with van der Waals surface area (Å²) in [4.78, 5) is 49.0. The van der Waals surface area contributed by atoms with Crippen molar-refractivity contribution in [1.29, 1.82) is 0 Å². The Morgan fingerprint density at radius 2 is 1.51 bits per heavy atom. The van der Waals surface area contributed by atoms with E-state index in [1.165, 1.54) is 24.3 Å². The van der Waals surface area contributed by atoms with Gasteiger partial charge in [0.05, 0.1) is 0 Å². The maximum absolute atomic E-state index is 12.7. The van der Waals surface area contributed by atoms with Gasteiger partial charge in [-0.15, -0.1) is 0 Å². The van der Waals surface area contributed by atoms with E-state index in [0.717, 1.165) is 5.56 Å². The molecule has 0 fully saturated rings. The van der Waals surface area contributed by atoms with Gasteiger partial charge in [-0.2, -0.15) is 0 Å². The molecule has 9 nitrogen and oxygen atoms in total. The molecule has 0 aliphatic rings. The Morgan fingerprint density at radius 1 is 0.800 bits per heavy atom. The SMILES string of the molecule is Cc1cc(C(=O)NCc2cccc(O)c2)ccc1C(=O)NC(CNC(=O)c1ccccc1)C(=O)O. The van der Waals surface area contributed by atoms with Crippen molar-refractivity contribution in [1.82, 2.24) is 16.0 Å². The molecule has 0 saturated carbocycles. The van der Waals surface area contributed by atoms with Crippen molar-refractivity contribution in [2.45, 2.75) is 19.5 Å². The van der Waals surface area contributed by atoms with Gasteiger partial charge in [-0.1, -0.05) is 30.3 Å². The molecule has 0 spiro atoms. The lowest BCUT2D eigenvalue weighted by atomic mass is 10.0. The van der Waals surface area contributed by atoms with Gasteiger partial charge >= 0.3 is 5.97 Å². The van der Waals surface area contributed by atoms with Crippen molar-refractivity contribution in [3.63, 3.8) is 0 Å². The molecule has 1 unspecified atom stereocenters. The van der Waals surface area contributed by atoms with Crippen LogP contribution >= 0.6 is 0 Å². The lowest BCUT2D eigenvalue weighted by Gasteiger charge is -2.16. The van der Waals surface area contributed by atoms with Crippen LogP contribution in [0.2, 0.25) is 0 Å². The van der Waals surface area contributed by atoms with E-state index in [9.17, 15) is 29.4 Å². The van der Waals surface area contributed by atoms with E-state index in [0.29, 0.717) is 16.7 Å². The number of benzene rings is 3. The molecule has 180 valence electrons. The first-order valence-corrected chi connectivity index (χ1v) is 10.8. The van der Waals surface area contributed by atoms with E-state index in [4.69, 9.17) is 0 Å². The van der Waals surface area contributed by atoms with Crippen LogP contribution in [0.5, 0.6) is 5.75 Å². The predicted molar refractivity (Wildman–Crippen MR) is 128 cm³/mol. The molecular weight excluding hydrogens is 450 g/mol. The fraction of sp³-hybridized carbons (Fsp3) is 0.154. The van der Waals surface area contributed by atoms with Crippen molar-refractivity contribution in [2.24, 2.45) is 0 Å². The summed E-state index contributed by atoms with van der Waals surface area (Å²) in [6, 6.07) is 17.9. The van der Waals surface area contributed by atoms with E-state index in [2.05, 4.69) is 16.0 Å². The Morgan fingerprint density at radius 3 is 2.17 bits per heavy atom. The number of carbonyl (C=O) groups excluding carboxylic acids is 3. The first-order valence-electron chi connectivity index (χ1n) is 10.8. The summed E-state index contributed by atoms with van der Waals surface area (Å²) >= 11 is 0. The molecule has 0 bridgehead atoms. The van der Waals surface area contributed by atoms with Gasteiger partial charge in [0.1, 0.15) is 11.8 Å². The molecule has 35 heavy (non-hydrogen) atoms. The number of carbonyl (C=O) groups is 4. The second kappa shape index (κ2) is 11.5. The third kappa shape index (κ3) is 6.91. The van der Waals surface area contributed by atoms with Crippen LogP contribution in [0.15, 0.2) is 72.8 Å². The van der Waals surface area contributed by atoms with Crippen molar-refractivity contribution in [3.8, 4) is 5.75 Å². The van der Waals surface area contributed by atoms with E-state index >= 15 is 0 Å².